The van der Waals surface area contributed by atoms with Crippen LogP contribution in [0, 0.1) is 6.20 Å². The summed E-state index contributed by atoms with van der Waals surface area (Å²) in [5.41, 5.74) is 0.949. The zero-order valence-electron chi connectivity index (χ0n) is 5.84. The molecular weight excluding hydrogens is 129 g/mol. The van der Waals surface area contributed by atoms with E-state index in [1.807, 2.05) is 0 Å². The fraction of sp³-hybridized carbons (Fsp3) is 0.375. The van der Waals surface area contributed by atoms with Crippen molar-refractivity contribution < 1.29 is 4.39 Å². The number of hydrogen-bond acceptors (Lipinski definition) is 1. The smallest absolute Gasteiger partial charge is 0.101 e. The summed E-state index contributed by atoms with van der Waals surface area (Å²) in [5, 5.41) is 0. The van der Waals surface area contributed by atoms with Gasteiger partial charge in [-0.3, -0.25) is 4.98 Å². The number of alkyl halides is 1. The van der Waals surface area contributed by atoms with Crippen molar-refractivity contribution in [2.45, 2.75) is 19.5 Å². The molecule has 1 unspecified atom stereocenters. The minimum atomic E-state index is -0.782. The van der Waals surface area contributed by atoms with Crippen molar-refractivity contribution in [2.75, 3.05) is 0 Å². The highest BCUT2D eigenvalue weighted by atomic mass is 19.1. The van der Waals surface area contributed by atoms with E-state index >= 15 is 0 Å². The third kappa shape index (κ3) is 2.13. The molecule has 1 aromatic heterocycles. The van der Waals surface area contributed by atoms with Gasteiger partial charge < -0.3 is 0 Å². The van der Waals surface area contributed by atoms with Crippen LogP contribution in [0.2, 0.25) is 0 Å². The average Bonchev–Trinajstić information content (AvgIpc) is 1.88. The number of hydrogen-bond donors (Lipinski definition) is 0. The first-order valence-corrected chi connectivity index (χ1v) is 3.24. The van der Waals surface area contributed by atoms with Gasteiger partial charge in [-0.25, -0.2) is 4.39 Å². The van der Waals surface area contributed by atoms with Crippen LogP contribution in [0.4, 0.5) is 4.39 Å². The maximum absolute atomic E-state index is 12.4. The standard InChI is InChI=1S/C8H9FN/c1-7(9)6-8-2-4-10-5-3-8/h2-4,7H,6H2,1H3. The molecule has 1 atom stereocenters. The van der Waals surface area contributed by atoms with E-state index in [0.29, 0.717) is 6.42 Å². The van der Waals surface area contributed by atoms with Crippen molar-refractivity contribution in [3.8, 4) is 0 Å². The summed E-state index contributed by atoms with van der Waals surface area (Å²) in [6.07, 6.45) is 3.95. The van der Waals surface area contributed by atoms with E-state index in [4.69, 9.17) is 0 Å². The van der Waals surface area contributed by atoms with E-state index in [2.05, 4.69) is 11.2 Å². The van der Waals surface area contributed by atoms with Gasteiger partial charge in [0.1, 0.15) is 6.17 Å². The Bertz CT molecular complexity index is 184. The lowest BCUT2D eigenvalue weighted by Crippen LogP contribution is -1.97. The minimum Gasteiger partial charge on any atom is -0.255 e. The highest BCUT2D eigenvalue weighted by Gasteiger charge is 1.98. The van der Waals surface area contributed by atoms with E-state index in [0.717, 1.165) is 5.56 Å². The summed E-state index contributed by atoms with van der Waals surface area (Å²) in [5.74, 6) is 0. The Kier molecular flexibility index (Phi) is 2.37. The Morgan fingerprint density at radius 1 is 1.80 bits per heavy atom. The van der Waals surface area contributed by atoms with Gasteiger partial charge in [0.15, 0.2) is 0 Å². The fourth-order valence-electron chi connectivity index (χ4n) is 0.796. The molecule has 0 spiro atoms. The molecule has 0 bridgehead atoms. The highest BCUT2D eigenvalue weighted by molar-refractivity contribution is 5.09. The lowest BCUT2D eigenvalue weighted by atomic mass is 10.1. The molecule has 0 aliphatic rings. The van der Waals surface area contributed by atoms with E-state index in [1.54, 1.807) is 25.3 Å². The van der Waals surface area contributed by atoms with Crippen molar-refractivity contribution in [3.05, 3.63) is 30.1 Å². The fourth-order valence-corrected chi connectivity index (χ4v) is 0.796. The Morgan fingerprint density at radius 3 is 3.10 bits per heavy atom. The normalized spacial score (nSPS) is 13.0. The van der Waals surface area contributed by atoms with Crippen LogP contribution >= 0.6 is 0 Å². The molecule has 0 aliphatic carbocycles. The predicted octanol–water partition coefficient (Wildman–Crippen LogP) is 1.78. The summed E-state index contributed by atoms with van der Waals surface area (Å²) in [6.45, 7) is 1.54. The molecule has 0 saturated heterocycles. The van der Waals surface area contributed by atoms with E-state index in [1.165, 1.54) is 0 Å². The topological polar surface area (TPSA) is 12.9 Å². The summed E-state index contributed by atoms with van der Waals surface area (Å²) in [4.78, 5) is 3.71. The number of nitrogens with zero attached hydrogens (tertiary/aromatic N) is 1. The molecule has 0 aliphatic heterocycles. The Hall–Kier alpha value is -0.920. The van der Waals surface area contributed by atoms with Gasteiger partial charge in [0.25, 0.3) is 0 Å². The number of halogens is 1. The van der Waals surface area contributed by atoms with Gasteiger partial charge in [0, 0.05) is 12.6 Å². The minimum absolute atomic E-state index is 0.457. The zero-order valence-corrected chi connectivity index (χ0v) is 5.84. The van der Waals surface area contributed by atoms with E-state index in [9.17, 15) is 4.39 Å². The molecule has 1 radical (unpaired) electrons. The Morgan fingerprint density at radius 2 is 2.60 bits per heavy atom. The number of aromatic nitrogens is 1. The molecule has 2 heteroatoms. The first kappa shape index (κ1) is 7.19. The third-order valence-electron chi connectivity index (χ3n) is 1.20. The number of rotatable bonds is 2. The maximum atomic E-state index is 12.4. The van der Waals surface area contributed by atoms with Crippen molar-refractivity contribution in [1.82, 2.24) is 4.98 Å². The van der Waals surface area contributed by atoms with Crippen molar-refractivity contribution >= 4 is 0 Å². The van der Waals surface area contributed by atoms with Crippen molar-refractivity contribution in [1.29, 1.82) is 0 Å². The van der Waals surface area contributed by atoms with Crippen LogP contribution in [0.15, 0.2) is 18.3 Å². The Labute approximate surface area is 59.9 Å². The SMILES string of the molecule is CC(F)Cc1c[c]ncc1. The lowest BCUT2D eigenvalue weighted by molar-refractivity contribution is 0.360. The van der Waals surface area contributed by atoms with Gasteiger partial charge in [-0.2, -0.15) is 0 Å². The summed E-state index contributed by atoms with van der Waals surface area (Å²) in [7, 11) is 0. The quantitative estimate of drug-likeness (QED) is 0.607. The first-order chi connectivity index (χ1) is 4.79. The van der Waals surface area contributed by atoms with Crippen LogP contribution in [-0.4, -0.2) is 11.2 Å². The largest absolute Gasteiger partial charge is 0.255 e. The average molecular weight is 138 g/mol. The summed E-state index contributed by atoms with van der Waals surface area (Å²) < 4.78 is 12.4. The molecule has 0 fully saturated rings. The molecule has 1 heterocycles. The van der Waals surface area contributed by atoms with E-state index < -0.39 is 6.17 Å². The van der Waals surface area contributed by atoms with Gasteiger partial charge in [0.2, 0.25) is 0 Å². The monoisotopic (exact) mass is 138 g/mol. The lowest BCUT2D eigenvalue weighted by Gasteiger charge is -1.98. The number of pyridine rings is 1. The second-order valence-electron chi connectivity index (χ2n) is 2.28. The van der Waals surface area contributed by atoms with Crippen molar-refractivity contribution in [3.63, 3.8) is 0 Å². The molecule has 1 rings (SSSR count). The Balaban J connectivity index is 2.59. The van der Waals surface area contributed by atoms with Crippen LogP contribution in [0.3, 0.4) is 0 Å². The van der Waals surface area contributed by atoms with Gasteiger partial charge in [0.05, 0.1) is 6.20 Å². The second kappa shape index (κ2) is 3.30. The molecule has 0 saturated carbocycles. The highest BCUT2D eigenvalue weighted by Crippen LogP contribution is 2.02. The third-order valence-corrected chi connectivity index (χ3v) is 1.20. The van der Waals surface area contributed by atoms with Crippen LogP contribution in [0.25, 0.3) is 0 Å². The maximum Gasteiger partial charge on any atom is 0.101 e. The predicted molar refractivity (Wildman–Crippen MR) is 37.3 cm³/mol. The van der Waals surface area contributed by atoms with Gasteiger partial charge in [-0.05, 0) is 24.6 Å². The molecular formula is C8H9FN. The van der Waals surface area contributed by atoms with Gasteiger partial charge >= 0.3 is 0 Å². The molecule has 0 N–H and O–H groups in total. The van der Waals surface area contributed by atoms with Gasteiger partial charge in [-0.15, -0.1) is 0 Å². The van der Waals surface area contributed by atoms with Crippen LogP contribution < -0.4 is 0 Å². The molecule has 53 valence electrons. The van der Waals surface area contributed by atoms with Gasteiger partial charge in [-0.1, -0.05) is 0 Å². The molecule has 1 aromatic rings. The summed E-state index contributed by atoms with van der Waals surface area (Å²) >= 11 is 0. The molecule has 1 nitrogen and oxygen atoms in total. The first-order valence-electron chi connectivity index (χ1n) is 3.24. The van der Waals surface area contributed by atoms with Crippen molar-refractivity contribution in [2.24, 2.45) is 0 Å². The molecule has 10 heavy (non-hydrogen) atoms. The summed E-state index contributed by atoms with van der Waals surface area (Å²) in [6, 6.07) is 3.50. The van der Waals surface area contributed by atoms with Crippen LogP contribution in [0.1, 0.15) is 12.5 Å². The zero-order chi connectivity index (χ0) is 7.40. The molecule has 0 amide bonds. The van der Waals surface area contributed by atoms with Crippen LogP contribution in [-0.2, 0) is 6.42 Å². The van der Waals surface area contributed by atoms with Crippen LogP contribution in [0.5, 0.6) is 0 Å². The second-order valence-corrected chi connectivity index (χ2v) is 2.28. The molecule has 0 aromatic carbocycles. The van der Waals surface area contributed by atoms with E-state index in [-0.39, 0.29) is 0 Å².